The van der Waals surface area contributed by atoms with Crippen LogP contribution in [0.15, 0.2) is 72.8 Å². The van der Waals surface area contributed by atoms with E-state index in [9.17, 15) is 9.59 Å². The maximum absolute atomic E-state index is 13.6. The SMILES string of the molecule is Cc1ccccc1N1C(=O)[C@@H]2[C@H](ON(c3ccccc3)[C@@H]2c2ccc(Cl)cc2Cl)C1=O. The van der Waals surface area contributed by atoms with Gasteiger partial charge in [-0.05, 0) is 48.4 Å². The van der Waals surface area contributed by atoms with E-state index in [2.05, 4.69) is 0 Å². The van der Waals surface area contributed by atoms with Crippen LogP contribution in [0.4, 0.5) is 11.4 Å². The van der Waals surface area contributed by atoms with Gasteiger partial charge in [0, 0.05) is 10.0 Å². The average molecular weight is 453 g/mol. The number of para-hydroxylation sites is 2. The van der Waals surface area contributed by atoms with Gasteiger partial charge in [0.05, 0.1) is 17.4 Å². The van der Waals surface area contributed by atoms with Crippen LogP contribution in [0.1, 0.15) is 17.2 Å². The number of aryl methyl sites for hydroxylation is 1. The first-order valence-corrected chi connectivity index (χ1v) is 10.6. The Hall–Kier alpha value is -2.86. The van der Waals surface area contributed by atoms with E-state index < -0.39 is 18.1 Å². The Morgan fingerprint density at radius 3 is 2.29 bits per heavy atom. The van der Waals surface area contributed by atoms with Crippen LogP contribution >= 0.6 is 23.2 Å². The lowest BCUT2D eigenvalue weighted by atomic mass is 9.90. The summed E-state index contributed by atoms with van der Waals surface area (Å²) in [6.07, 6.45) is -0.941. The van der Waals surface area contributed by atoms with Gasteiger partial charge in [0.15, 0.2) is 6.10 Å². The lowest BCUT2D eigenvalue weighted by Gasteiger charge is -2.29. The molecule has 0 saturated carbocycles. The molecule has 156 valence electrons. The fraction of sp³-hybridized carbons (Fsp3) is 0.167. The fourth-order valence-electron chi connectivity index (χ4n) is 4.32. The van der Waals surface area contributed by atoms with Crippen molar-refractivity contribution < 1.29 is 14.4 Å². The highest BCUT2D eigenvalue weighted by atomic mass is 35.5. The molecule has 0 bridgehead atoms. The minimum absolute atomic E-state index is 0.307. The van der Waals surface area contributed by atoms with Crippen LogP contribution in [0.25, 0.3) is 0 Å². The number of fused-ring (bicyclic) bond motifs is 1. The average Bonchev–Trinajstić information content (AvgIpc) is 3.26. The van der Waals surface area contributed by atoms with Gasteiger partial charge in [0.2, 0.25) is 5.91 Å². The third-order valence-electron chi connectivity index (χ3n) is 5.76. The van der Waals surface area contributed by atoms with Crippen LogP contribution in [0.5, 0.6) is 0 Å². The number of amides is 2. The minimum atomic E-state index is -0.941. The zero-order chi connectivity index (χ0) is 21.7. The van der Waals surface area contributed by atoms with E-state index >= 15 is 0 Å². The number of hydrogen-bond donors (Lipinski definition) is 0. The minimum Gasteiger partial charge on any atom is -0.273 e. The van der Waals surface area contributed by atoms with Crippen molar-refractivity contribution in [3.63, 3.8) is 0 Å². The van der Waals surface area contributed by atoms with Crippen LogP contribution in [0.3, 0.4) is 0 Å². The molecule has 2 saturated heterocycles. The van der Waals surface area contributed by atoms with Crippen LogP contribution in [-0.4, -0.2) is 17.9 Å². The number of rotatable bonds is 3. The van der Waals surface area contributed by atoms with Crippen molar-refractivity contribution >= 4 is 46.4 Å². The predicted molar refractivity (Wildman–Crippen MR) is 120 cm³/mol. The topological polar surface area (TPSA) is 49.9 Å². The first-order chi connectivity index (χ1) is 15.0. The van der Waals surface area contributed by atoms with Gasteiger partial charge in [-0.25, -0.2) is 9.96 Å². The number of anilines is 2. The molecule has 5 nitrogen and oxygen atoms in total. The highest BCUT2D eigenvalue weighted by molar-refractivity contribution is 6.35. The molecule has 2 heterocycles. The monoisotopic (exact) mass is 452 g/mol. The maximum atomic E-state index is 13.6. The highest BCUT2D eigenvalue weighted by Gasteiger charge is 2.60. The number of hydroxylamine groups is 1. The van der Waals surface area contributed by atoms with Crippen molar-refractivity contribution in [1.82, 2.24) is 0 Å². The fourth-order valence-corrected chi connectivity index (χ4v) is 4.84. The second-order valence-corrected chi connectivity index (χ2v) is 8.47. The van der Waals surface area contributed by atoms with Crippen molar-refractivity contribution in [2.75, 3.05) is 9.96 Å². The van der Waals surface area contributed by atoms with Crippen LogP contribution < -0.4 is 9.96 Å². The summed E-state index contributed by atoms with van der Waals surface area (Å²) in [5.41, 5.74) is 2.82. The number of carbonyl (C=O) groups is 2. The number of nitrogens with zero attached hydrogens (tertiary/aromatic N) is 2. The third-order valence-corrected chi connectivity index (χ3v) is 6.33. The van der Waals surface area contributed by atoms with E-state index in [1.807, 2.05) is 55.5 Å². The number of imide groups is 1. The molecule has 0 aromatic heterocycles. The quantitative estimate of drug-likeness (QED) is 0.502. The molecule has 3 aromatic carbocycles. The molecular formula is C24H18Cl2N2O3. The number of carbonyl (C=O) groups excluding carboxylic acids is 2. The Morgan fingerprint density at radius 1 is 0.871 bits per heavy atom. The van der Waals surface area contributed by atoms with E-state index in [1.54, 1.807) is 29.3 Å². The Kier molecular flexibility index (Phi) is 4.97. The molecule has 31 heavy (non-hydrogen) atoms. The molecule has 0 spiro atoms. The zero-order valence-electron chi connectivity index (χ0n) is 16.5. The maximum Gasteiger partial charge on any atom is 0.266 e. The molecule has 0 aliphatic carbocycles. The van der Waals surface area contributed by atoms with Crippen LogP contribution in [-0.2, 0) is 14.4 Å². The molecule has 5 rings (SSSR count). The predicted octanol–water partition coefficient (Wildman–Crippen LogP) is 5.35. The molecule has 3 aromatic rings. The summed E-state index contributed by atoms with van der Waals surface area (Å²) < 4.78 is 0. The molecule has 2 fully saturated rings. The molecule has 2 amide bonds. The molecular weight excluding hydrogens is 435 g/mol. The Morgan fingerprint density at radius 2 is 1.58 bits per heavy atom. The van der Waals surface area contributed by atoms with Gasteiger partial charge in [-0.15, -0.1) is 0 Å². The van der Waals surface area contributed by atoms with Gasteiger partial charge < -0.3 is 0 Å². The molecule has 0 unspecified atom stereocenters. The van der Waals surface area contributed by atoms with Gasteiger partial charge in [0.25, 0.3) is 5.91 Å². The lowest BCUT2D eigenvalue weighted by Crippen LogP contribution is -2.37. The summed E-state index contributed by atoms with van der Waals surface area (Å²) >= 11 is 12.6. The Balaban J connectivity index is 1.63. The summed E-state index contributed by atoms with van der Waals surface area (Å²) in [6.45, 7) is 1.87. The largest absolute Gasteiger partial charge is 0.273 e. The molecule has 0 N–H and O–H groups in total. The number of hydrogen-bond acceptors (Lipinski definition) is 4. The Labute approximate surface area is 189 Å². The van der Waals surface area contributed by atoms with Crippen molar-refractivity contribution in [3.05, 3.63) is 94.0 Å². The van der Waals surface area contributed by atoms with E-state index in [0.29, 0.717) is 21.3 Å². The molecule has 3 atom stereocenters. The van der Waals surface area contributed by atoms with Gasteiger partial charge in [-0.1, -0.05) is 65.7 Å². The summed E-state index contributed by atoms with van der Waals surface area (Å²) in [5.74, 6) is -1.43. The second kappa shape index (κ2) is 7.68. The van der Waals surface area contributed by atoms with Gasteiger partial charge in [-0.2, -0.15) is 0 Å². The van der Waals surface area contributed by atoms with Crippen LogP contribution in [0, 0.1) is 12.8 Å². The molecule has 2 aliphatic rings. The normalized spacial score (nSPS) is 22.9. The van der Waals surface area contributed by atoms with Crippen molar-refractivity contribution in [1.29, 1.82) is 0 Å². The van der Waals surface area contributed by atoms with E-state index in [-0.39, 0.29) is 11.8 Å². The van der Waals surface area contributed by atoms with Gasteiger partial charge in [-0.3, -0.25) is 14.4 Å². The molecule has 0 radical (unpaired) electrons. The van der Waals surface area contributed by atoms with Crippen molar-refractivity contribution in [2.45, 2.75) is 19.1 Å². The van der Waals surface area contributed by atoms with E-state index in [1.165, 1.54) is 4.90 Å². The summed E-state index contributed by atoms with van der Waals surface area (Å²) in [6, 6.07) is 21.2. The summed E-state index contributed by atoms with van der Waals surface area (Å²) in [5, 5.41) is 2.53. The van der Waals surface area contributed by atoms with Gasteiger partial charge in [0.1, 0.15) is 5.92 Å². The Bertz CT molecular complexity index is 1180. The number of halogens is 2. The van der Waals surface area contributed by atoms with E-state index in [4.69, 9.17) is 28.0 Å². The standard InChI is InChI=1S/C24H18Cl2N2O3/c1-14-7-5-6-10-19(14)27-23(29)20-21(17-12-11-15(25)13-18(17)26)28(31-22(20)24(27)30)16-8-3-2-4-9-16/h2-13,20-22H,1H3/t20-,21+,22-/m0/s1. The molecule has 2 aliphatic heterocycles. The third kappa shape index (κ3) is 3.21. The first kappa shape index (κ1) is 20.1. The molecule has 7 heteroatoms. The number of benzene rings is 3. The lowest BCUT2D eigenvalue weighted by molar-refractivity contribution is -0.126. The zero-order valence-corrected chi connectivity index (χ0v) is 18.0. The van der Waals surface area contributed by atoms with Crippen molar-refractivity contribution in [3.8, 4) is 0 Å². The van der Waals surface area contributed by atoms with Gasteiger partial charge >= 0.3 is 0 Å². The smallest absolute Gasteiger partial charge is 0.266 e. The summed E-state index contributed by atoms with van der Waals surface area (Å²) in [4.78, 5) is 34.3. The second-order valence-electron chi connectivity index (χ2n) is 7.62. The van der Waals surface area contributed by atoms with Crippen molar-refractivity contribution in [2.24, 2.45) is 5.92 Å². The van der Waals surface area contributed by atoms with E-state index in [0.717, 1.165) is 11.3 Å². The summed E-state index contributed by atoms with van der Waals surface area (Å²) in [7, 11) is 0. The first-order valence-electron chi connectivity index (χ1n) is 9.87. The highest BCUT2D eigenvalue weighted by Crippen LogP contribution is 2.49. The van der Waals surface area contributed by atoms with Crippen LogP contribution in [0.2, 0.25) is 10.0 Å².